The Morgan fingerprint density at radius 1 is 0.143 bits per heavy atom. The number of fused-ring (bicyclic) bond motifs is 10. The summed E-state index contributed by atoms with van der Waals surface area (Å²) in [5.41, 5.74) is 31.6. The predicted molar refractivity (Wildman–Crippen MR) is 376 cm³/mol. The van der Waals surface area contributed by atoms with E-state index in [1.807, 2.05) is 0 Å². The van der Waals surface area contributed by atoms with Crippen LogP contribution in [0.25, 0.3) is 145 Å². The van der Waals surface area contributed by atoms with E-state index in [2.05, 4.69) is 346 Å². The Labute approximate surface area is 530 Å². The highest BCUT2D eigenvalue weighted by molar-refractivity contribution is 5.96. The summed E-state index contributed by atoms with van der Waals surface area (Å²) in [4.78, 5) is 15.6. The predicted octanol–water partition coefficient (Wildman–Crippen LogP) is 22.6. The lowest BCUT2D eigenvalue weighted by Crippen LogP contribution is -2.25. The van der Waals surface area contributed by atoms with Gasteiger partial charge in [0.15, 0.2) is 17.5 Å². The molecule has 424 valence electrons. The molecule has 0 amide bonds. The van der Waals surface area contributed by atoms with Gasteiger partial charge < -0.3 is 0 Å². The van der Waals surface area contributed by atoms with E-state index in [0.29, 0.717) is 17.5 Å². The number of rotatable bonds is 11. The summed E-state index contributed by atoms with van der Waals surface area (Å²) in [7, 11) is 0. The van der Waals surface area contributed by atoms with Gasteiger partial charge in [0, 0.05) is 16.7 Å². The second-order valence-electron chi connectivity index (χ2n) is 23.8. The van der Waals surface area contributed by atoms with Crippen LogP contribution in [0.3, 0.4) is 0 Å². The summed E-state index contributed by atoms with van der Waals surface area (Å²) < 4.78 is 0. The van der Waals surface area contributed by atoms with Gasteiger partial charge in [-0.25, -0.2) is 15.0 Å². The largest absolute Gasteiger partial charge is 0.208 e. The van der Waals surface area contributed by atoms with Gasteiger partial charge in [0.2, 0.25) is 0 Å². The first-order valence-electron chi connectivity index (χ1n) is 31.2. The highest BCUT2D eigenvalue weighted by atomic mass is 15.0. The Balaban J connectivity index is 0.670. The maximum absolute atomic E-state index is 5.20. The van der Waals surface area contributed by atoms with E-state index in [9.17, 15) is 0 Å². The average Bonchev–Trinajstić information content (AvgIpc) is 1.51. The molecule has 2 aliphatic rings. The third-order valence-electron chi connectivity index (χ3n) is 18.6. The fraction of sp³-hybridized carbons (Fsp3) is 0.0114. The summed E-state index contributed by atoms with van der Waals surface area (Å²) in [6.07, 6.45) is 0. The maximum Gasteiger partial charge on any atom is 0.164 e. The Kier molecular flexibility index (Phi) is 13.1. The van der Waals surface area contributed by atoms with Crippen LogP contribution in [-0.4, -0.2) is 15.0 Å². The van der Waals surface area contributed by atoms with Crippen molar-refractivity contribution in [3.05, 3.63) is 368 Å². The van der Waals surface area contributed by atoms with Crippen molar-refractivity contribution in [3.63, 3.8) is 0 Å². The van der Waals surface area contributed by atoms with Gasteiger partial charge in [-0.05, 0) is 170 Å². The zero-order chi connectivity index (χ0) is 60.2. The van der Waals surface area contributed by atoms with Crippen LogP contribution in [0.15, 0.2) is 346 Å². The molecule has 0 bridgehead atoms. The Bertz CT molecular complexity index is 5050. The molecule has 1 aromatic heterocycles. The molecule has 15 aromatic rings. The summed E-state index contributed by atoms with van der Waals surface area (Å²) in [6, 6.07) is 125. The Morgan fingerprint density at radius 3 is 0.659 bits per heavy atom. The zero-order valence-corrected chi connectivity index (χ0v) is 49.8. The fourth-order valence-electron chi connectivity index (χ4n) is 14.1. The molecule has 0 unspecified atom stereocenters. The molecule has 3 heteroatoms. The van der Waals surface area contributed by atoms with Gasteiger partial charge in [-0.15, -0.1) is 0 Å². The minimum absolute atomic E-state index is 0.389. The van der Waals surface area contributed by atoms with Crippen LogP contribution in [-0.2, 0) is 5.41 Å². The highest BCUT2D eigenvalue weighted by Crippen LogP contribution is 2.63. The van der Waals surface area contributed by atoms with E-state index < -0.39 is 0 Å². The molecule has 14 aromatic carbocycles. The second kappa shape index (κ2) is 22.4. The molecule has 2 aliphatic carbocycles. The SMILES string of the molecule is c1ccc(-c2cccc(-c3ccc(-c4nc(-c5ccc(-c6cccc(-c7ccccc7)c6)cc5)nc(-c5ccc(-c6cccc(-c7cccc(-c8cccc(-c9ccc%10c(c9)C9(c%11ccccc%11-c%11ccccc%119)c9ccccc9-%10)c8)c7)c6)cc5)n4)cc3)c2)cc1. The van der Waals surface area contributed by atoms with Crippen molar-refractivity contribution in [2.24, 2.45) is 0 Å². The maximum atomic E-state index is 5.20. The topological polar surface area (TPSA) is 38.7 Å². The molecule has 0 fully saturated rings. The first-order chi connectivity index (χ1) is 45.1. The summed E-state index contributed by atoms with van der Waals surface area (Å²) >= 11 is 0. The molecule has 17 rings (SSSR count). The lowest BCUT2D eigenvalue weighted by Gasteiger charge is -2.30. The molecule has 91 heavy (non-hydrogen) atoms. The molecule has 0 N–H and O–H groups in total. The number of hydrogen-bond donors (Lipinski definition) is 0. The zero-order valence-electron chi connectivity index (χ0n) is 49.8. The quantitative estimate of drug-likeness (QED) is 0.130. The normalized spacial score (nSPS) is 12.3. The average molecular weight is 1160 g/mol. The van der Waals surface area contributed by atoms with Gasteiger partial charge in [-0.1, -0.05) is 309 Å². The van der Waals surface area contributed by atoms with Gasteiger partial charge in [-0.3, -0.25) is 0 Å². The lowest BCUT2D eigenvalue weighted by molar-refractivity contribution is 0.794. The van der Waals surface area contributed by atoms with Crippen molar-refractivity contribution in [3.8, 4) is 145 Å². The van der Waals surface area contributed by atoms with Crippen molar-refractivity contribution < 1.29 is 0 Å². The fourth-order valence-corrected chi connectivity index (χ4v) is 14.1. The van der Waals surface area contributed by atoms with Gasteiger partial charge >= 0.3 is 0 Å². The van der Waals surface area contributed by atoms with E-state index in [4.69, 9.17) is 15.0 Å². The van der Waals surface area contributed by atoms with Crippen molar-refractivity contribution in [2.45, 2.75) is 5.41 Å². The molecule has 1 heterocycles. The van der Waals surface area contributed by atoms with Crippen LogP contribution in [0.1, 0.15) is 22.3 Å². The molecule has 3 nitrogen and oxygen atoms in total. The summed E-state index contributed by atoms with van der Waals surface area (Å²) in [5.74, 6) is 1.83. The van der Waals surface area contributed by atoms with Gasteiger partial charge in [0.05, 0.1) is 5.41 Å². The smallest absolute Gasteiger partial charge is 0.164 e. The number of benzene rings is 14. The lowest BCUT2D eigenvalue weighted by atomic mass is 9.70. The van der Waals surface area contributed by atoms with E-state index >= 15 is 0 Å². The third kappa shape index (κ3) is 9.51. The Morgan fingerprint density at radius 2 is 0.352 bits per heavy atom. The van der Waals surface area contributed by atoms with Crippen LogP contribution >= 0.6 is 0 Å². The van der Waals surface area contributed by atoms with Crippen LogP contribution in [0, 0.1) is 0 Å². The first-order valence-corrected chi connectivity index (χ1v) is 31.2. The van der Waals surface area contributed by atoms with Crippen LogP contribution < -0.4 is 0 Å². The van der Waals surface area contributed by atoms with Crippen molar-refractivity contribution in [2.75, 3.05) is 0 Å². The molecule has 0 atom stereocenters. The van der Waals surface area contributed by atoms with Crippen LogP contribution in [0.4, 0.5) is 0 Å². The second-order valence-corrected chi connectivity index (χ2v) is 23.8. The van der Waals surface area contributed by atoms with Crippen molar-refractivity contribution in [1.82, 2.24) is 15.0 Å². The molecular formula is C88H57N3. The van der Waals surface area contributed by atoms with Crippen molar-refractivity contribution >= 4 is 0 Å². The van der Waals surface area contributed by atoms with E-state index in [1.165, 1.54) is 89.0 Å². The molecule has 0 aliphatic heterocycles. The molecule has 0 radical (unpaired) electrons. The van der Waals surface area contributed by atoms with Crippen molar-refractivity contribution in [1.29, 1.82) is 0 Å². The summed E-state index contributed by atoms with van der Waals surface area (Å²) in [6.45, 7) is 0. The molecule has 1 spiro atoms. The van der Waals surface area contributed by atoms with Crippen LogP contribution in [0.2, 0.25) is 0 Å². The van der Waals surface area contributed by atoms with Gasteiger partial charge in [-0.2, -0.15) is 0 Å². The first kappa shape index (κ1) is 53.3. The minimum Gasteiger partial charge on any atom is -0.208 e. The monoisotopic (exact) mass is 1160 g/mol. The van der Waals surface area contributed by atoms with E-state index in [0.717, 1.165) is 61.2 Å². The number of nitrogens with zero attached hydrogens (tertiary/aromatic N) is 3. The van der Waals surface area contributed by atoms with Gasteiger partial charge in [0.1, 0.15) is 0 Å². The molecule has 0 saturated heterocycles. The van der Waals surface area contributed by atoms with E-state index in [-0.39, 0.29) is 5.41 Å². The Hall–Kier alpha value is -11.9. The minimum atomic E-state index is -0.389. The molecular weight excluding hydrogens is 1100 g/mol. The van der Waals surface area contributed by atoms with Gasteiger partial charge in [0.25, 0.3) is 0 Å². The molecule has 0 saturated carbocycles. The standard InChI is InChI=1S/C88H57N3/c1-3-18-58(19-4-1)66-22-13-24-68(52-66)60-38-44-63(45-39-60)85-89-86(64-46-40-61(41-47-64)69-25-14-23-67(53-69)59-20-5-2-6-21-59)91-87(90-85)65-48-42-62(43-49-65)70-26-15-27-71(54-70)72-28-16-29-73(55-72)74-30-17-31-75(56-74)76-50-51-80-79-34-9-12-37-83(79)88(84(80)57-76)81-35-10-7-32-77(81)78-33-8-11-36-82(78)88/h1-57H. The number of aromatic nitrogens is 3. The van der Waals surface area contributed by atoms with Crippen LogP contribution in [0.5, 0.6) is 0 Å². The van der Waals surface area contributed by atoms with E-state index in [1.54, 1.807) is 0 Å². The summed E-state index contributed by atoms with van der Waals surface area (Å²) in [5, 5.41) is 0. The number of hydrogen-bond acceptors (Lipinski definition) is 3. The highest BCUT2D eigenvalue weighted by Gasteiger charge is 2.51. The third-order valence-corrected chi connectivity index (χ3v) is 18.6.